The molecule has 0 bridgehead atoms. The van der Waals surface area contributed by atoms with Gasteiger partial charge in [0, 0.05) is 12.5 Å². The molecule has 0 unspecified atom stereocenters. The molecule has 4 aromatic rings. The second-order valence-electron chi connectivity index (χ2n) is 8.60. The first-order chi connectivity index (χ1) is 15.3. The molecule has 4 rings (SSSR count). The monoisotopic (exact) mass is 429 g/mol. The van der Waals surface area contributed by atoms with E-state index in [1.807, 2.05) is 48.7 Å². The van der Waals surface area contributed by atoms with Crippen LogP contribution < -0.4 is 5.32 Å². The third kappa shape index (κ3) is 4.42. The maximum Gasteiger partial charge on any atom is 0.247 e. The summed E-state index contributed by atoms with van der Waals surface area (Å²) in [6.45, 7) is 8.04. The summed E-state index contributed by atoms with van der Waals surface area (Å²) in [5.41, 5.74) is 5.89. The van der Waals surface area contributed by atoms with Gasteiger partial charge in [0.15, 0.2) is 0 Å². The molecule has 4 nitrogen and oxygen atoms in total. The summed E-state index contributed by atoms with van der Waals surface area (Å²) in [5, 5.41) is 3.08. The molecule has 3 aromatic carbocycles. The first-order valence-electron chi connectivity index (χ1n) is 10.9. The van der Waals surface area contributed by atoms with Crippen molar-refractivity contribution in [3.8, 4) is 0 Å². The zero-order chi connectivity index (χ0) is 22.8. The van der Waals surface area contributed by atoms with Crippen LogP contribution in [0.15, 0.2) is 66.7 Å². The number of aromatic nitrogens is 2. The van der Waals surface area contributed by atoms with Gasteiger partial charge in [-0.2, -0.15) is 0 Å². The number of fused-ring (bicyclic) bond motifs is 1. The number of rotatable bonds is 6. The third-order valence-electron chi connectivity index (χ3n) is 5.71. The van der Waals surface area contributed by atoms with Gasteiger partial charge in [-0.05, 0) is 74.2 Å². The molecule has 0 saturated heterocycles. The number of amides is 1. The van der Waals surface area contributed by atoms with E-state index in [0.717, 1.165) is 39.1 Å². The first kappa shape index (κ1) is 21.8. The summed E-state index contributed by atoms with van der Waals surface area (Å²) in [6.07, 6.45) is 0.491. The Morgan fingerprint density at radius 1 is 1.00 bits per heavy atom. The molecular weight excluding hydrogens is 401 g/mol. The van der Waals surface area contributed by atoms with E-state index in [1.165, 1.54) is 12.1 Å². The fourth-order valence-corrected chi connectivity index (χ4v) is 4.01. The lowest BCUT2D eigenvalue weighted by molar-refractivity contribution is -0.123. The summed E-state index contributed by atoms with van der Waals surface area (Å²) in [6, 6.07) is 19.8. The molecule has 1 N–H and O–H groups in total. The Morgan fingerprint density at radius 3 is 2.31 bits per heavy atom. The zero-order valence-electron chi connectivity index (χ0n) is 18.9. The number of hydrogen-bond donors (Lipinski definition) is 1. The Hall–Kier alpha value is -3.47. The number of benzene rings is 3. The lowest BCUT2D eigenvalue weighted by Gasteiger charge is -2.23. The summed E-state index contributed by atoms with van der Waals surface area (Å²) < 4.78 is 15.5. The van der Waals surface area contributed by atoms with Gasteiger partial charge in [-0.3, -0.25) is 4.79 Å². The molecule has 1 amide bonds. The van der Waals surface area contributed by atoms with Crippen LogP contribution >= 0.6 is 0 Å². The predicted octanol–water partition coefficient (Wildman–Crippen LogP) is 5.50. The molecule has 0 fully saturated rings. The van der Waals surface area contributed by atoms with E-state index in [-0.39, 0.29) is 17.8 Å². The van der Waals surface area contributed by atoms with Gasteiger partial charge in [0.25, 0.3) is 0 Å². The van der Waals surface area contributed by atoms with Crippen molar-refractivity contribution < 1.29 is 9.18 Å². The van der Waals surface area contributed by atoms with E-state index >= 15 is 0 Å². The normalized spacial score (nSPS) is 12.3. The molecule has 164 valence electrons. The van der Waals surface area contributed by atoms with Crippen LogP contribution in [0, 0.1) is 19.7 Å². The minimum Gasteiger partial charge on any atom is -0.352 e. The Balaban J connectivity index is 1.94. The highest BCUT2D eigenvalue weighted by Gasteiger charge is 2.28. The SMILES string of the molecule is Cc1cc2nc(Cc3ccc(F)cc3)n([C@@H](C(=O)NC(C)C)c3ccccc3)c2cc1C. The Labute approximate surface area is 188 Å². The average Bonchev–Trinajstić information content (AvgIpc) is 3.07. The molecule has 0 aliphatic heterocycles. The van der Waals surface area contributed by atoms with Gasteiger partial charge in [0.1, 0.15) is 17.7 Å². The molecular formula is C27H28FN3O. The van der Waals surface area contributed by atoms with Crippen molar-refractivity contribution in [1.29, 1.82) is 0 Å². The number of aryl methyl sites for hydroxylation is 2. The highest BCUT2D eigenvalue weighted by atomic mass is 19.1. The molecule has 1 atom stereocenters. The van der Waals surface area contributed by atoms with Gasteiger partial charge in [-0.25, -0.2) is 9.37 Å². The number of carbonyl (C=O) groups excluding carboxylic acids is 1. The van der Waals surface area contributed by atoms with Crippen LogP contribution in [0.2, 0.25) is 0 Å². The van der Waals surface area contributed by atoms with E-state index in [1.54, 1.807) is 12.1 Å². The molecule has 1 aromatic heterocycles. The van der Waals surface area contributed by atoms with Crippen LogP contribution in [-0.4, -0.2) is 21.5 Å². The molecule has 0 saturated carbocycles. The number of carbonyl (C=O) groups is 1. The van der Waals surface area contributed by atoms with Crippen molar-refractivity contribution in [2.45, 2.75) is 46.2 Å². The van der Waals surface area contributed by atoms with Gasteiger partial charge in [0.2, 0.25) is 5.91 Å². The van der Waals surface area contributed by atoms with Crippen LogP contribution in [-0.2, 0) is 11.2 Å². The third-order valence-corrected chi connectivity index (χ3v) is 5.71. The van der Waals surface area contributed by atoms with Gasteiger partial charge >= 0.3 is 0 Å². The van der Waals surface area contributed by atoms with E-state index in [2.05, 4.69) is 31.3 Å². The predicted molar refractivity (Wildman–Crippen MR) is 126 cm³/mol. The number of imidazole rings is 1. The lowest BCUT2D eigenvalue weighted by atomic mass is 10.0. The molecule has 32 heavy (non-hydrogen) atoms. The summed E-state index contributed by atoms with van der Waals surface area (Å²) in [4.78, 5) is 18.4. The molecule has 5 heteroatoms. The van der Waals surface area contributed by atoms with E-state index in [4.69, 9.17) is 4.98 Å². The van der Waals surface area contributed by atoms with E-state index in [9.17, 15) is 9.18 Å². The fourth-order valence-electron chi connectivity index (χ4n) is 4.01. The molecule has 0 aliphatic rings. The van der Waals surface area contributed by atoms with E-state index < -0.39 is 6.04 Å². The Morgan fingerprint density at radius 2 is 1.66 bits per heavy atom. The van der Waals surface area contributed by atoms with Crippen molar-refractivity contribution in [1.82, 2.24) is 14.9 Å². The maximum absolute atomic E-state index is 13.5. The smallest absolute Gasteiger partial charge is 0.247 e. The largest absolute Gasteiger partial charge is 0.352 e. The molecule has 0 aliphatic carbocycles. The van der Waals surface area contributed by atoms with Crippen molar-refractivity contribution >= 4 is 16.9 Å². The van der Waals surface area contributed by atoms with E-state index in [0.29, 0.717) is 6.42 Å². The van der Waals surface area contributed by atoms with Gasteiger partial charge in [-0.1, -0.05) is 42.5 Å². The van der Waals surface area contributed by atoms with Crippen LogP contribution in [0.25, 0.3) is 11.0 Å². The first-order valence-corrected chi connectivity index (χ1v) is 10.9. The Bertz CT molecular complexity index is 1240. The topological polar surface area (TPSA) is 46.9 Å². The standard InChI is InChI=1S/C27H28FN3O/c1-17(2)29-27(32)26(21-8-6-5-7-9-21)31-24-15-19(4)18(3)14-23(24)30-25(31)16-20-10-12-22(28)13-11-20/h5-15,17,26H,16H2,1-4H3,(H,29,32)/t26-/m1/s1. The lowest BCUT2D eigenvalue weighted by Crippen LogP contribution is -2.38. The number of hydrogen-bond acceptors (Lipinski definition) is 2. The zero-order valence-corrected chi connectivity index (χ0v) is 18.9. The van der Waals surface area contributed by atoms with Crippen molar-refractivity contribution in [2.75, 3.05) is 0 Å². The number of nitrogens with one attached hydrogen (secondary N) is 1. The van der Waals surface area contributed by atoms with Crippen LogP contribution in [0.4, 0.5) is 4.39 Å². The summed E-state index contributed by atoms with van der Waals surface area (Å²) in [5.74, 6) is 0.417. The minimum atomic E-state index is -0.568. The van der Waals surface area contributed by atoms with Gasteiger partial charge in [0.05, 0.1) is 11.0 Å². The summed E-state index contributed by atoms with van der Waals surface area (Å²) >= 11 is 0. The van der Waals surface area contributed by atoms with Crippen LogP contribution in [0.5, 0.6) is 0 Å². The quantitative estimate of drug-likeness (QED) is 0.440. The van der Waals surface area contributed by atoms with Gasteiger partial charge < -0.3 is 9.88 Å². The van der Waals surface area contributed by atoms with Gasteiger partial charge in [-0.15, -0.1) is 0 Å². The Kier molecular flexibility index (Phi) is 6.08. The number of halogens is 1. The number of nitrogens with zero attached hydrogens (tertiary/aromatic N) is 2. The van der Waals surface area contributed by atoms with Crippen LogP contribution in [0.1, 0.15) is 48.0 Å². The summed E-state index contributed by atoms with van der Waals surface area (Å²) in [7, 11) is 0. The molecule has 0 spiro atoms. The van der Waals surface area contributed by atoms with Crippen molar-refractivity contribution in [3.05, 3.63) is 101 Å². The van der Waals surface area contributed by atoms with Crippen molar-refractivity contribution in [3.63, 3.8) is 0 Å². The highest BCUT2D eigenvalue weighted by Crippen LogP contribution is 2.30. The maximum atomic E-state index is 13.5. The van der Waals surface area contributed by atoms with Crippen molar-refractivity contribution in [2.24, 2.45) is 0 Å². The minimum absolute atomic E-state index is 0.00743. The average molecular weight is 430 g/mol. The molecule has 1 heterocycles. The second-order valence-corrected chi connectivity index (χ2v) is 8.60. The fraction of sp³-hybridized carbons (Fsp3) is 0.259. The second kappa shape index (κ2) is 8.95. The molecule has 0 radical (unpaired) electrons. The van der Waals surface area contributed by atoms with Crippen LogP contribution in [0.3, 0.4) is 0 Å². The highest BCUT2D eigenvalue weighted by molar-refractivity contribution is 5.87.